The number of rotatable bonds is 7. The third kappa shape index (κ3) is 5.59. The highest BCUT2D eigenvalue weighted by Gasteiger charge is 2.27. The molecule has 0 heterocycles. The van der Waals surface area contributed by atoms with Gasteiger partial charge in [0.15, 0.2) is 0 Å². The Morgan fingerprint density at radius 1 is 1.00 bits per heavy atom. The van der Waals surface area contributed by atoms with Crippen LogP contribution in [0, 0.1) is 0 Å². The van der Waals surface area contributed by atoms with Gasteiger partial charge in [-0.3, -0.25) is 9.10 Å². The SMILES string of the molecule is C/C(=N/NC(=O)CN(c1cc(Cl)cc(Cl)c1)S(=O)(=O)c1ccccc1)c1ccccc1O. The Hall–Kier alpha value is -3.07. The Morgan fingerprint density at radius 2 is 1.59 bits per heavy atom. The van der Waals surface area contributed by atoms with Crippen LogP contribution in [-0.4, -0.2) is 31.7 Å². The first-order valence-electron chi connectivity index (χ1n) is 9.34. The van der Waals surface area contributed by atoms with Crippen molar-refractivity contribution in [3.05, 3.63) is 88.4 Å². The van der Waals surface area contributed by atoms with Crippen LogP contribution in [0.25, 0.3) is 0 Å². The van der Waals surface area contributed by atoms with E-state index in [2.05, 4.69) is 10.5 Å². The molecule has 10 heteroatoms. The van der Waals surface area contributed by atoms with Gasteiger partial charge in [-0.25, -0.2) is 13.8 Å². The van der Waals surface area contributed by atoms with E-state index < -0.39 is 22.5 Å². The number of nitrogens with zero attached hydrogens (tertiary/aromatic N) is 2. The van der Waals surface area contributed by atoms with Crippen LogP contribution in [0.5, 0.6) is 5.75 Å². The first kappa shape index (κ1) is 23.6. The summed E-state index contributed by atoms with van der Waals surface area (Å²) in [4.78, 5) is 12.6. The highest BCUT2D eigenvalue weighted by Crippen LogP contribution is 2.29. The van der Waals surface area contributed by atoms with E-state index in [9.17, 15) is 18.3 Å². The number of hydrogen-bond donors (Lipinski definition) is 2. The largest absolute Gasteiger partial charge is 0.507 e. The maximum absolute atomic E-state index is 13.3. The number of phenols is 1. The lowest BCUT2D eigenvalue weighted by Gasteiger charge is -2.24. The highest BCUT2D eigenvalue weighted by molar-refractivity contribution is 7.92. The number of sulfonamides is 1. The van der Waals surface area contributed by atoms with Crippen molar-refractivity contribution in [2.24, 2.45) is 5.10 Å². The fourth-order valence-corrected chi connectivity index (χ4v) is 4.81. The van der Waals surface area contributed by atoms with E-state index in [1.165, 1.54) is 36.4 Å². The standard InChI is InChI=1S/C22H19Cl2N3O4S/c1-15(20-9-5-6-10-21(20)28)25-26-22(29)14-27(18-12-16(23)11-17(24)13-18)32(30,31)19-7-3-2-4-8-19/h2-13,28H,14H2,1H3,(H,26,29)/b25-15-. The third-order valence-electron chi connectivity index (χ3n) is 4.40. The zero-order chi connectivity index (χ0) is 23.3. The Balaban J connectivity index is 1.91. The highest BCUT2D eigenvalue weighted by atomic mass is 35.5. The summed E-state index contributed by atoms with van der Waals surface area (Å²) in [7, 11) is -4.11. The summed E-state index contributed by atoms with van der Waals surface area (Å²) in [5.74, 6) is -0.694. The molecule has 0 fully saturated rings. The summed E-state index contributed by atoms with van der Waals surface area (Å²) in [6.45, 7) is 1.02. The van der Waals surface area contributed by atoms with Crippen molar-refractivity contribution in [3.8, 4) is 5.75 Å². The molecule has 32 heavy (non-hydrogen) atoms. The Bertz CT molecular complexity index is 1240. The minimum atomic E-state index is -4.11. The first-order valence-corrected chi connectivity index (χ1v) is 11.5. The zero-order valence-corrected chi connectivity index (χ0v) is 19.2. The molecule has 3 aromatic rings. The molecule has 166 valence electrons. The Kier molecular flexibility index (Phi) is 7.40. The Morgan fingerprint density at radius 3 is 2.22 bits per heavy atom. The summed E-state index contributed by atoms with van der Waals surface area (Å²) in [6, 6.07) is 18.5. The van der Waals surface area contributed by atoms with Crippen molar-refractivity contribution in [2.75, 3.05) is 10.8 Å². The number of anilines is 1. The summed E-state index contributed by atoms with van der Waals surface area (Å²) in [5.41, 5.74) is 3.24. The topological polar surface area (TPSA) is 99.1 Å². The molecule has 0 aliphatic heterocycles. The van der Waals surface area contributed by atoms with E-state index in [1.807, 2.05) is 0 Å². The van der Waals surface area contributed by atoms with Crippen molar-refractivity contribution in [1.29, 1.82) is 0 Å². The van der Waals surface area contributed by atoms with E-state index in [-0.39, 0.29) is 26.4 Å². The lowest BCUT2D eigenvalue weighted by Crippen LogP contribution is -2.39. The van der Waals surface area contributed by atoms with Crippen LogP contribution < -0.4 is 9.73 Å². The molecule has 3 aromatic carbocycles. The van der Waals surface area contributed by atoms with Gasteiger partial charge in [-0.1, -0.05) is 53.5 Å². The van der Waals surface area contributed by atoms with E-state index in [0.717, 1.165) is 4.31 Å². The van der Waals surface area contributed by atoms with Gasteiger partial charge >= 0.3 is 0 Å². The van der Waals surface area contributed by atoms with Crippen molar-refractivity contribution in [3.63, 3.8) is 0 Å². The third-order valence-corrected chi connectivity index (χ3v) is 6.62. The quantitative estimate of drug-likeness (QED) is 0.377. The second-order valence-corrected chi connectivity index (χ2v) is 9.44. The second-order valence-electron chi connectivity index (χ2n) is 6.70. The fraction of sp³-hybridized carbons (Fsp3) is 0.0909. The van der Waals surface area contributed by atoms with Crippen molar-refractivity contribution < 1.29 is 18.3 Å². The minimum Gasteiger partial charge on any atom is -0.507 e. The lowest BCUT2D eigenvalue weighted by atomic mass is 10.1. The minimum absolute atomic E-state index is 0.00205. The number of phenolic OH excluding ortho intramolecular Hbond substituents is 1. The van der Waals surface area contributed by atoms with Gasteiger partial charge in [0.2, 0.25) is 0 Å². The summed E-state index contributed by atoms with van der Waals surface area (Å²) >= 11 is 12.1. The molecule has 0 saturated heterocycles. The van der Waals surface area contributed by atoms with E-state index >= 15 is 0 Å². The van der Waals surface area contributed by atoms with Gasteiger partial charge in [-0.2, -0.15) is 5.10 Å². The average Bonchev–Trinajstić information content (AvgIpc) is 2.76. The number of para-hydroxylation sites is 1. The summed E-state index contributed by atoms with van der Waals surface area (Å²) in [5, 5.41) is 14.3. The van der Waals surface area contributed by atoms with Gasteiger partial charge in [0, 0.05) is 15.6 Å². The molecule has 0 spiro atoms. The monoisotopic (exact) mass is 491 g/mol. The van der Waals surface area contributed by atoms with Crippen LogP contribution in [0.3, 0.4) is 0 Å². The number of nitrogens with one attached hydrogen (secondary N) is 1. The van der Waals surface area contributed by atoms with Crippen LogP contribution in [0.2, 0.25) is 10.0 Å². The van der Waals surface area contributed by atoms with Gasteiger partial charge in [0.05, 0.1) is 16.3 Å². The summed E-state index contributed by atoms with van der Waals surface area (Å²) in [6.07, 6.45) is 0. The van der Waals surface area contributed by atoms with Gasteiger partial charge < -0.3 is 5.11 Å². The molecule has 0 aliphatic carbocycles. The molecule has 0 unspecified atom stereocenters. The first-order chi connectivity index (χ1) is 15.2. The van der Waals surface area contributed by atoms with Crippen LogP contribution >= 0.6 is 23.2 Å². The van der Waals surface area contributed by atoms with E-state index in [1.54, 1.807) is 43.3 Å². The number of halogens is 2. The lowest BCUT2D eigenvalue weighted by molar-refractivity contribution is -0.119. The van der Waals surface area contributed by atoms with Gasteiger partial charge in [0.1, 0.15) is 12.3 Å². The molecule has 2 N–H and O–H groups in total. The smallest absolute Gasteiger partial charge is 0.264 e. The molecule has 0 radical (unpaired) electrons. The molecule has 3 rings (SSSR count). The predicted octanol–water partition coefficient (Wildman–Crippen LogP) is 4.43. The van der Waals surface area contributed by atoms with Gasteiger partial charge in [-0.05, 0) is 49.4 Å². The van der Waals surface area contributed by atoms with Crippen molar-refractivity contribution in [1.82, 2.24) is 5.43 Å². The molecular weight excluding hydrogens is 473 g/mol. The molecule has 0 atom stereocenters. The summed E-state index contributed by atoms with van der Waals surface area (Å²) < 4.78 is 27.5. The molecule has 1 amide bonds. The molecule has 7 nitrogen and oxygen atoms in total. The Labute approximate surface area is 196 Å². The van der Waals surface area contributed by atoms with Gasteiger partial charge in [0.25, 0.3) is 15.9 Å². The predicted molar refractivity (Wildman–Crippen MR) is 126 cm³/mol. The number of amides is 1. The van der Waals surface area contributed by atoms with Crippen LogP contribution in [-0.2, 0) is 14.8 Å². The number of aromatic hydroxyl groups is 1. The van der Waals surface area contributed by atoms with Crippen LogP contribution in [0.1, 0.15) is 12.5 Å². The van der Waals surface area contributed by atoms with Crippen LogP contribution in [0.15, 0.2) is 82.8 Å². The zero-order valence-electron chi connectivity index (χ0n) is 16.9. The molecule has 0 aliphatic rings. The van der Waals surface area contributed by atoms with E-state index in [0.29, 0.717) is 11.3 Å². The normalized spacial score (nSPS) is 11.8. The number of carbonyl (C=O) groups is 1. The van der Waals surface area contributed by atoms with Crippen LogP contribution in [0.4, 0.5) is 5.69 Å². The van der Waals surface area contributed by atoms with E-state index in [4.69, 9.17) is 23.2 Å². The van der Waals surface area contributed by atoms with Gasteiger partial charge in [-0.15, -0.1) is 0 Å². The number of carbonyl (C=O) groups excluding carboxylic acids is 1. The molecule has 0 saturated carbocycles. The second kappa shape index (κ2) is 10.0. The molecular formula is C22H19Cl2N3O4S. The maximum Gasteiger partial charge on any atom is 0.264 e. The molecule has 0 bridgehead atoms. The average molecular weight is 492 g/mol. The van der Waals surface area contributed by atoms with Crippen molar-refractivity contribution >= 4 is 50.5 Å². The van der Waals surface area contributed by atoms with Crippen molar-refractivity contribution in [2.45, 2.75) is 11.8 Å². The maximum atomic E-state index is 13.3. The fourth-order valence-electron chi connectivity index (χ4n) is 2.87. The molecule has 0 aromatic heterocycles. The number of benzene rings is 3. The number of hydrazone groups is 1. The number of hydrogen-bond acceptors (Lipinski definition) is 5.